The summed E-state index contributed by atoms with van der Waals surface area (Å²) in [5.41, 5.74) is 6.72. The van der Waals surface area contributed by atoms with E-state index in [9.17, 15) is 28.8 Å². The third-order valence-corrected chi connectivity index (χ3v) is 8.04. The summed E-state index contributed by atoms with van der Waals surface area (Å²) >= 11 is 5.68. The van der Waals surface area contributed by atoms with Gasteiger partial charge in [0, 0.05) is 38.3 Å². The first-order valence-corrected chi connectivity index (χ1v) is 14.4. The number of anilines is 1. The second kappa shape index (κ2) is 16.3. The molecule has 1 aromatic rings. The number of carbonyl (C=O) groups is 6. The maximum absolute atomic E-state index is 13.5. The lowest BCUT2D eigenvalue weighted by Gasteiger charge is -2.25. The van der Waals surface area contributed by atoms with E-state index in [0.717, 1.165) is 0 Å². The van der Waals surface area contributed by atoms with Gasteiger partial charge in [-0.25, -0.2) is 0 Å². The zero-order valence-electron chi connectivity index (χ0n) is 21.7. The zero-order chi connectivity index (χ0) is 30.0. The third kappa shape index (κ3) is 11.2. The molecule has 0 unspecified atom stereocenters. The quantitative estimate of drug-likeness (QED) is 0.136. The lowest BCUT2D eigenvalue weighted by atomic mass is 10.1. The van der Waals surface area contributed by atoms with Crippen LogP contribution in [0.5, 0.6) is 0 Å². The molecule has 0 aliphatic rings. The van der Waals surface area contributed by atoms with Crippen LogP contribution in [0.4, 0.5) is 5.69 Å². The predicted molar refractivity (Wildman–Crippen MR) is 163 cm³/mol. The number of benzene rings is 1. The van der Waals surface area contributed by atoms with E-state index in [-0.39, 0.29) is 43.1 Å². The molecule has 1 rings (SSSR count). The van der Waals surface area contributed by atoms with Gasteiger partial charge in [-0.2, -0.15) is 0 Å². The first kappa shape index (κ1) is 35.1. The Bertz CT molecular complexity index is 1150. The van der Waals surface area contributed by atoms with Gasteiger partial charge in [0.25, 0.3) is 11.8 Å². The van der Waals surface area contributed by atoms with Crippen LogP contribution in [0.25, 0.3) is 0 Å². The van der Waals surface area contributed by atoms with Crippen molar-refractivity contribution in [2.75, 3.05) is 39.1 Å². The summed E-state index contributed by atoms with van der Waals surface area (Å²) in [6.07, 6.45) is -1.86. The van der Waals surface area contributed by atoms with Crippen LogP contribution in [0.2, 0.25) is 0 Å². The molecular formula is C23H28I3N3O10. The minimum absolute atomic E-state index is 0.106. The van der Waals surface area contributed by atoms with Crippen molar-refractivity contribution >= 4 is 109 Å². The molecule has 0 fully saturated rings. The lowest BCUT2D eigenvalue weighted by molar-refractivity contribution is -0.156. The van der Waals surface area contributed by atoms with E-state index in [2.05, 4.69) is 5.32 Å². The molecule has 216 valence electrons. The Balaban J connectivity index is 3.27. The molecule has 0 heterocycles. The average molecular weight is 887 g/mol. The second-order valence-electron chi connectivity index (χ2n) is 8.07. The minimum Gasteiger partial charge on any atom is -0.462 e. The number of hydrogen-bond donors (Lipinski definition) is 2. The van der Waals surface area contributed by atoms with Crippen molar-refractivity contribution in [3.8, 4) is 0 Å². The molecule has 1 aromatic carbocycles. The maximum atomic E-state index is 13.5. The molecule has 39 heavy (non-hydrogen) atoms. The van der Waals surface area contributed by atoms with Gasteiger partial charge in [-0.05, 0) is 67.8 Å². The molecule has 0 aliphatic heterocycles. The zero-order valence-corrected chi connectivity index (χ0v) is 28.2. The lowest BCUT2D eigenvalue weighted by Crippen LogP contribution is -2.40. The molecule has 2 amide bonds. The van der Waals surface area contributed by atoms with Gasteiger partial charge in [-0.3, -0.25) is 28.8 Å². The Kier molecular flexibility index (Phi) is 14.7. The molecule has 0 saturated carbocycles. The molecular weight excluding hydrogens is 859 g/mol. The number of esters is 4. The summed E-state index contributed by atoms with van der Waals surface area (Å²) in [7, 11) is 1.46. The summed E-state index contributed by atoms with van der Waals surface area (Å²) in [5.74, 6) is -3.51. The molecule has 3 N–H and O–H groups in total. The fourth-order valence-corrected chi connectivity index (χ4v) is 7.21. The average Bonchev–Trinajstić information content (AvgIpc) is 2.82. The van der Waals surface area contributed by atoms with Crippen molar-refractivity contribution in [1.29, 1.82) is 0 Å². The molecule has 0 spiro atoms. The van der Waals surface area contributed by atoms with Crippen molar-refractivity contribution in [3.63, 3.8) is 0 Å². The first-order chi connectivity index (χ1) is 18.1. The number of rotatable bonds is 12. The fourth-order valence-electron chi connectivity index (χ4n) is 3.09. The van der Waals surface area contributed by atoms with Crippen molar-refractivity contribution in [2.45, 2.75) is 39.9 Å². The van der Waals surface area contributed by atoms with E-state index < -0.39 is 47.9 Å². The van der Waals surface area contributed by atoms with Crippen molar-refractivity contribution in [2.24, 2.45) is 0 Å². The predicted octanol–water partition coefficient (Wildman–Crippen LogP) is 1.87. The summed E-state index contributed by atoms with van der Waals surface area (Å²) in [6.45, 7) is 3.99. The highest BCUT2D eigenvalue weighted by atomic mass is 127. The van der Waals surface area contributed by atoms with E-state index in [1.165, 1.54) is 39.6 Å². The largest absolute Gasteiger partial charge is 0.462 e. The van der Waals surface area contributed by atoms with Crippen LogP contribution in [-0.4, -0.2) is 86.2 Å². The Morgan fingerprint density at radius 1 is 0.769 bits per heavy atom. The number of carbonyl (C=O) groups excluding carboxylic acids is 6. The van der Waals surface area contributed by atoms with Crippen molar-refractivity contribution < 1.29 is 47.7 Å². The highest BCUT2D eigenvalue weighted by Gasteiger charge is 2.30. The smallest absolute Gasteiger partial charge is 0.303 e. The van der Waals surface area contributed by atoms with Gasteiger partial charge in [-0.15, -0.1) is 0 Å². The van der Waals surface area contributed by atoms with Crippen LogP contribution in [0.15, 0.2) is 0 Å². The van der Waals surface area contributed by atoms with Crippen LogP contribution in [-0.2, 0) is 38.1 Å². The Morgan fingerprint density at radius 3 is 1.72 bits per heavy atom. The normalized spacial score (nSPS) is 12.0. The SMILES string of the molecule is CC(=O)OC[C@H](CNC(=O)c1c(I)c(N)c(I)c(C(=O)N(C)C[C@H](COC(C)=O)OC(C)=O)c1I)OC(C)=O. The molecule has 0 aliphatic carbocycles. The maximum Gasteiger partial charge on any atom is 0.303 e. The molecule has 13 nitrogen and oxygen atoms in total. The van der Waals surface area contributed by atoms with E-state index in [1.54, 1.807) is 0 Å². The number of nitrogens with zero attached hydrogens (tertiary/aromatic N) is 1. The van der Waals surface area contributed by atoms with Crippen LogP contribution >= 0.6 is 67.8 Å². The van der Waals surface area contributed by atoms with E-state index in [1.807, 2.05) is 67.8 Å². The number of nitrogen functional groups attached to an aromatic ring is 1. The topological polar surface area (TPSA) is 181 Å². The molecule has 16 heteroatoms. The summed E-state index contributed by atoms with van der Waals surface area (Å²) in [5, 5.41) is 2.63. The second-order valence-corrected chi connectivity index (χ2v) is 11.3. The van der Waals surface area contributed by atoms with Crippen LogP contribution in [0, 0.1) is 10.7 Å². The Hall–Kier alpha value is -1.97. The van der Waals surface area contributed by atoms with Gasteiger partial charge in [0.2, 0.25) is 0 Å². The van der Waals surface area contributed by atoms with E-state index in [0.29, 0.717) is 10.7 Å². The number of nitrogens with one attached hydrogen (secondary N) is 1. The molecule has 0 aromatic heterocycles. The van der Waals surface area contributed by atoms with Crippen LogP contribution < -0.4 is 11.1 Å². The van der Waals surface area contributed by atoms with Crippen LogP contribution in [0.1, 0.15) is 48.4 Å². The number of amides is 2. The van der Waals surface area contributed by atoms with Crippen LogP contribution in [0.3, 0.4) is 0 Å². The van der Waals surface area contributed by atoms with Gasteiger partial charge in [-0.1, -0.05) is 0 Å². The van der Waals surface area contributed by atoms with Crippen molar-refractivity contribution in [3.05, 3.63) is 21.8 Å². The van der Waals surface area contributed by atoms with Gasteiger partial charge in [0.05, 0.1) is 37.0 Å². The molecule has 0 bridgehead atoms. The summed E-state index contributed by atoms with van der Waals surface area (Å²) in [6, 6.07) is 0. The first-order valence-electron chi connectivity index (χ1n) is 11.2. The standard InChI is InChI=1S/C23H28I3N3O10/c1-10(30)36-8-14(38-12(3)32)6-28-22(34)16-18(24)17(20(26)21(27)19(16)25)23(35)29(5)7-15(39-13(4)33)9-37-11(2)31/h14-15H,6-9,27H2,1-5H3,(H,28,34)/t14-,15+/m0/s1. The van der Waals surface area contributed by atoms with Gasteiger partial charge < -0.3 is 34.9 Å². The molecule has 0 radical (unpaired) electrons. The number of halogens is 3. The third-order valence-electron chi connectivity index (χ3n) is 4.72. The van der Waals surface area contributed by atoms with Crippen molar-refractivity contribution in [1.82, 2.24) is 10.2 Å². The van der Waals surface area contributed by atoms with E-state index >= 15 is 0 Å². The van der Waals surface area contributed by atoms with Gasteiger partial charge >= 0.3 is 23.9 Å². The highest BCUT2D eigenvalue weighted by Crippen LogP contribution is 2.34. The highest BCUT2D eigenvalue weighted by molar-refractivity contribution is 14.1. The monoisotopic (exact) mass is 887 g/mol. The summed E-state index contributed by atoms with van der Waals surface area (Å²) < 4.78 is 21.2. The Labute approximate surface area is 265 Å². The number of hydrogen-bond acceptors (Lipinski definition) is 11. The van der Waals surface area contributed by atoms with Gasteiger partial charge in [0.1, 0.15) is 13.2 Å². The van der Waals surface area contributed by atoms with E-state index in [4.69, 9.17) is 24.7 Å². The van der Waals surface area contributed by atoms with Gasteiger partial charge in [0.15, 0.2) is 12.2 Å². The fraction of sp³-hybridized carbons (Fsp3) is 0.478. The Morgan fingerprint density at radius 2 is 1.23 bits per heavy atom. The number of ether oxygens (including phenoxy) is 4. The number of likely N-dealkylation sites (N-methyl/N-ethyl adjacent to an activating group) is 1. The summed E-state index contributed by atoms with van der Waals surface area (Å²) in [4.78, 5) is 73.2. The minimum atomic E-state index is -0.936. The number of nitrogens with two attached hydrogens (primary N) is 1. The molecule has 2 atom stereocenters. The molecule has 0 saturated heterocycles.